The molecule has 1 aromatic heterocycles. The highest BCUT2D eigenvalue weighted by atomic mass is 19.1. The van der Waals surface area contributed by atoms with Crippen molar-refractivity contribution < 1.29 is 23.2 Å². The first-order valence-electron chi connectivity index (χ1n) is 11.4. The van der Waals surface area contributed by atoms with Crippen LogP contribution in [0.2, 0.25) is 0 Å². The summed E-state index contributed by atoms with van der Waals surface area (Å²) in [6, 6.07) is 3.42. The van der Waals surface area contributed by atoms with E-state index in [1.54, 1.807) is 11.8 Å². The zero-order chi connectivity index (χ0) is 25.4. The first-order chi connectivity index (χ1) is 16.0. The van der Waals surface area contributed by atoms with Crippen molar-refractivity contribution >= 4 is 23.5 Å². The number of aromatic amines is 1. The zero-order valence-corrected chi connectivity index (χ0v) is 20.2. The molecule has 0 aliphatic rings. The molecule has 8 nitrogen and oxygen atoms in total. The van der Waals surface area contributed by atoms with Gasteiger partial charge in [-0.2, -0.15) is 5.10 Å². The van der Waals surface area contributed by atoms with Gasteiger partial charge < -0.3 is 15.5 Å². The Morgan fingerprint density at radius 2 is 1.59 bits per heavy atom. The van der Waals surface area contributed by atoms with E-state index in [1.165, 1.54) is 6.07 Å². The number of carbonyl (C=O) groups is 3. The minimum Gasteiger partial charge on any atom is -0.344 e. The van der Waals surface area contributed by atoms with E-state index in [2.05, 4.69) is 20.8 Å². The predicted octanol–water partition coefficient (Wildman–Crippen LogP) is 3.52. The van der Waals surface area contributed by atoms with Gasteiger partial charge in [0.15, 0.2) is 5.69 Å². The van der Waals surface area contributed by atoms with Crippen LogP contribution in [0.3, 0.4) is 0 Å². The summed E-state index contributed by atoms with van der Waals surface area (Å²) in [5, 5.41) is 11.8. The summed E-state index contributed by atoms with van der Waals surface area (Å²) in [6.45, 7) is 11.0. The van der Waals surface area contributed by atoms with Crippen LogP contribution in [0.4, 0.5) is 14.6 Å². The van der Waals surface area contributed by atoms with Crippen molar-refractivity contribution in [1.82, 2.24) is 20.4 Å². The fraction of sp³-hybridized carbons (Fsp3) is 0.500. The Bertz CT molecular complexity index is 976. The van der Waals surface area contributed by atoms with Crippen molar-refractivity contribution in [1.29, 1.82) is 0 Å². The number of aromatic nitrogens is 2. The maximum atomic E-state index is 13.3. The molecule has 1 aromatic carbocycles. The highest BCUT2D eigenvalue weighted by molar-refractivity contribution is 5.98. The van der Waals surface area contributed by atoms with Crippen LogP contribution in [-0.2, 0) is 16.0 Å². The monoisotopic (exact) mass is 477 g/mol. The summed E-state index contributed by atoms with van der Waals surface area (Å²) in [4.78, 5) is 39.6. The Morgan fingerprint density at radius 3 is 2.12 bits per heavy atom. The molecule has 0 saturated heterocycles. The van der Waals surface area contributed by atoms with Gasteiger partial charge in [0, 0.05) is 25.2 Å². The van der Waals surface area contributed by atoms with Gasteiger partial charge >= 0.3 is 0 Å². The van der Waals surface area contributed by atoms with E-state index in [0.717, 1.165) is 18.2 Å². The van der Waals surface area contributed by atoms with E-state index in [9.17, 15) is 23.2 Å². The molecule has 2 rings (SSSR count). The third kappa shape index (κ3) is 8.24. The van der Waals surface area contributed by atoms with Crippen molar-refractivity contribution in [3.8, 4) is 0 Å². The molecule has 0 saturated carbocycles. The molecule has 0 bridgehead atoms. The Kier molecular flexibility index (Phi) is 9.70. The van der Waals surface area contributed by atoms with Crippen molar-refractivity contribution in [2.45, 2.75) is 53.5 Å². The molecule has 3 N–H and O–H groups in total. The maximum absolute atomic E-state index is 13.3. The van der Waals surface area contributed by atoms with Crippen LogP contribution in [0.1, 0.15) is 57.1 Å². The fourth-order valence-corrected chi connectivity index (χ4v) is 3.50. The standard InChI is InChI=1S/C24H33F2N5O3/c1-6-19(27-22(32)9-16-7-17(25)10-18(26)8-16)23(33)28-21-11-20(29-30-21)24(34)31(12-14(2)3)13-15(4)5/h7-8,10-11,14-15,19H,6,9,12-13H2,1-5H3,(H,27,32)(H2,28,29,30,33). The van der Waals surface area contributed by atoms with Crippen LogP contribution in [-0.4, -0.2) is 52.0 Å². The molecule has 0 aliphatic carbocycles. The fourth-order valence-electron chi connectivity index (χ4n) is 3.50. The van der Waals surface area contributed by atoms with Gasteiger partial charge in [-0.3, -0.25) is 19.5 Å². The normalized spacial score (nSPS) is 12.0. The summed E-state index contributed by atoms with van der Waals surface area (Å²) in [7, 11) is 0. The van der Waals surface area contributed by atoms with Gasteiger partial charge in [-0.05, 0) is 36.0 Å². The SMILES string of the molecule is CCC(NC(=O)Cc1cc(F)cc(F)c1)C(=O)Nc1cc(C(=O)N(CC(C)C)CC(C)C)n[nH]1. The van der Waals surface area contributed by atoms with Crippen molar-refractivity contribution in [2.24, 2.45) is 11.8 Å². The molecule has 0 aliphatic heterocycles. The van der Waals surface area contributed by atoms with Crippen LogP contribution in [0, 0.1) is 23.5 Å². The third-order valence-corrected chi connectivity index (χ3v) is 4.86. The number of hydrogen-bond donors (Lipinski definition) is 3. The smallest absolute Gasteiger partial charge is 0.274 e. The second kappa shape index (κ2) is 12.2. The van der Waals surface area contributed by atoms with Crippen LogP contribution in [0.25, 0.3) is 0 Å². The summed E-state index contributed by atoms with van der Waals surface area (Å²) < 4.78 is 26.7. The average Bonchev–Trinajstić information content (AvgIpc) is 3.17. The molecule has 1 unspecified atom stereocenters. The van der Waals surface area contributed by atoms with Crippen LogP contribution < -0.4 is 10.6 Å². The van der Waals surface area contributed by atoms with Crippen LogP contribution in [0.5, 0.6) is 0 Å². The van der Waals surface area contributed by atoms with E-state index in [4.69, 9.17) is 0 Å². The number of halogens is 2. The van der Waals surface area contributed by atoms with Gasteiger partial charge in [0.2, 0.25) is 11.8 Å². The number of H-pyrrole nitrogens is 1. The minimum absolute atomic E-state index is 0.161. The number of anilines is 1. The summed E-state index contributed by atoms with van der Waals surface area (Å²) in [5.74, 6) is -2.05. The molecule has 1 atom stereocenters. The molecule has 10 heteroatoms. The topological polar surface area (TPSA) is 107 Å². The van der Waals surface area contributed by atoms with E-state index in [-0.39, 0.29) is 35.8 Å². The Labute approximate surface area is 198 Å². The van der Waals surface area contributed by atoms with E-state index < -0.39 is 29.5 Å². The molecule has 0 radical (unpaired) electrons. The van der Waals surface area contributed by atoms with E-state index in [1.807, 2.05) is 27.7 Å². The van der Waals surface area contributed by atoms with Crippen LogP contribution >= 0.6 is 0 Å². The molecule has 0 fully saturated rings. The number of benzene rings is 1. The number of carbonyl (C=O) groups excluding carboxylic acids is 3. The minimum atomic E-state index is -0.883. The lowest BCUT2D eigenvalue weighted by atomic mass is 10.1. The zero-order valence-electron chi connectivity index (χ0n) is 20.2. The molecule has 2 aromatic rings. The lowest BCUT2D eigenvalue weighted by molar-refractivity contribution is -0.126. The average molecular weight is 478 g/mol. The molecular formula is C24H33F2N5O3. The second-order valence-electron chi connectivity index (χ2n) is 9.14. The van der Waals surface area contributed by atoms with Gasteiger partial charge in [0.05, 0.1) is 6.42 Å². The first kappa shape index (κ1) is 26.9. The molecule has 0 spiro atoms. The van der Waals surface area contributed by atoms with Crippen molar-refractivity contribution in [3.63, 3.8) is 0 Å². The first-order valence-corrected chi connectivity index (χ1v) is 11.4. The third-order valence-electron chi connectivity index (χ3n) is 4.86. The Morgan fingerprint density at radius 1 is 1.00 bits per heavy atom. The maximum Gasteiger partial charge on any atom is 0.274 e. The summed E-state index contributed by atoms with van der Waals surface area (Å²) >= 11 is 0. The van der Waals surface area contributed by atoms with Gasteiger partial charge in [0.25, 0.3) is 5.91 Å². The molecule has 186 valence electrons. The quantitative estimate of drug-likeness (QED) is 0.460. The number of nitrogens with zero attached hydrogens (tertiary/aromatic N) is 2. The Balaban J connectivity index is 2.00. The Hall–Kier alpha value is -3.30. The molecule has 1 heterocycles. The van der Waals surface area contributed by atoms with Gasteiger partial charge in [-0.15, -0.1) is 0 Å². The lowest BCUT2D eigenvalue weighted by Gasteiger charge is -2.25. The lowest BCUT2D eigenvalue weighted by Crippen LogP contribution is -2.44. The number of amides is 3. The number of rotatable bonds is 11. The molecular weight excluding hydrogens is 444 g/mol. The summed E-state index contributed by atoms with van der Waals surface area (Å²) in [5.41, 5.74) is 0.344. The van der Waals surface area contributed by atoms with Gasteiger partial charge in [-0.1, -0.05) is 34.6 Å². The highest BCUT2D eigenvalue weighted by Crippen LogP contribution is 2.13. The predicted molar refractivity (Wildman–Crippen MR) is 125 cm³/mol. The molecule has 3 amide bonds. The van der Waals surface area contributed by atoms with E-state index >= 15 is 0 Å². The second-order valence-corrected chi connectivity index (χ2v) is 9.14. The van der Waals surface area contributed by atoms with Crippen molar-refractivity contribution in [3.05, 3.63) is 47.2 Å². The van der Waals surface area contributed by atoms with Crippen LogP contribution in [0.15, 0.2) is 24.3 Å². The van der Waals surface area contributed by atoms with Gasteiger partial charge in [-0.25, -0.2) is 8.78 Å². The highest BCUT2D eigenvalue weighted by Gasteiger charge is 2.23. The van der Waals surface area contributed by atoms with Gasteiger partial charge in [0.1, 0.15) is 23.5 Å². The number of hydrogen-bond acceptors (Lipinski definition) is 4. The van der Waals surface area contributed by atoms with E-state index in [0.29, 0.717) is 24.9 Å². The molecule has 34 heavy (non-hydrogen) atoms. The van der Waals surface area contributed by atoms with Crippen molar-refractivity contribution in [2.75, 3.05) is 18.4 Å². The summed E-state index contributed by atoms with van der Waals surface area (Å²) in [6.07, 6.45) is 0.00820. The largest absolute Gasteiger partial charge is 0.344 e. The number of nitrogens with one attached hydrogen (secondary N) is 3.